The van der Waals surface area contributed by atoms with Crippen LogP contribution in [0.1, 0.15) is 10.4 Å². The number of hydrogen-bond acceptors (Lipinski definition) is 2. The highest BCUT2D eigenvalue weighted by molar-refractivity contribution is 9.10. The van der Waals surface area contributed by atoms with Crippen molar-refractivity contribution in [2.75, 3.05) is 5.73 Å². The van der Waals surface area contributed by atoms with Gasteiger partial charge in [0.25, 0.3) is 0 Å². The fourth-order valence-electron chi connectivity index (χ4n) is 0.753. The van der Waals surface area contributed by atoms with Crippen molar-refractivity contribution in [3.63, 3.8) is 0 Å². The summed E-state index contributed by atoms with van der Waals surface area (Å²) in [5.74, 6) is -1.08. The Kier molecular flexibility index (Phi) is 2.59. The van der Waals surface area contributed by atoms with E-state index in [9.17, 15) is 4.79 Å². The summed E-state index contributed by atoms with van der Waals surface area (Å²) < 4.78 is 0.590. The zero-order valence-corrected chi connectivity index (χ0v) is 8.19. The predicted molar refractivity (Wildman–Crippen MR) is 50.5 cm³/mol. The lowest BCUT2D eigenvalue weighted by Crippen LogP contribution is -2.02. The van der Waals surface area contributed by atoms with Crippen LogP contribution in [0, 0.1) is 0 Å². The first-order valence-electron chi connectivity index (χ1n) is 3.01. The highest BCUT2D eigenvalue weighted by atomic mass is 79.9. The van der Waals surface area contributed by atoms with Crippen molar-refractivity contribution in [3.05, 3.63) is 27.2 Å². The van der Waals surface area contributed by atoms with E-state index in [4.69, 9.17) is 22.4 Å². The second-order valence-electron chi connectivity index (χ2n) is 2.13. The number of carbonyl (C=O) groups is 1. The van der Waals surface area contributed by atoms with Crippen molar-refractivity contribution in [2.45, 2.75) is 0 Å². The molecule has 0 unspecified atom stereocenters. The zero-order chi connectivity index (χ0) is 9.30. The SMILES string of the molecule is Nc1c(C(=O)O)ccc(Br)c1Cl. The first-order valence-corrected chi connectivity index (χ1v) is 4.18. The van der Waals surface area contributed by atoms with E-state index in [-0.39, 0.29) is 16.3 Å². The molecular formula is C7H5BrClNO2. The molecule has 0 radical (unpaired) electrons. The van der Waals surface area contributed by atoms with Gasteiger partial charge in [-0.25, -0.2) is 4.79 Å². The predicted octanol–water partition coefficient (Wildman–Crippen LogP) is 2.38. The van der Waals surface area contributed by atoms with Crippen molar-refractivity contribution in [1.82, 2.24) is 0 Å². The molecule has 0 saturated heterocycles. The van der Waals surface area contributed by atoms with Crippen LogP contribution in [0.4, 0.5) is 5.69 Å². The Hall–Kier alpha value is -0.740. The van der Waals surface area contributed by atoms with E-state index in [2.05, 4.69) is 15.9 Å². The van der Waals surface area contributed by atoms with E-state index < -0.39 is 5.97 Å². The third-order valence-corrected chi connectivity index (χ3v) is 2.66. The number of benzene rings is 1. The number of halogens is 2. The summed E-state index contributed by atoms with van der Waals surface area (Å²) in [5, 5.41) is 8.86. The Bertz CT molecular complexity index is 340. The number of aromatic carboxylic acids is 1. The summed E-state index contributed by atoms with van der Waals surface area (Å²) in [5.41, 5.74) is 5.54. The summed E-state index contributed by atoms with van der Waals surface area (Å²) >= 11 is 8.82. The van der Waals surface area contributed by atoms with Crippen LogP contribution >= 0.6 is 27.5 Å². The first-order chi connectivity index (χ1) is 5.54. The average molecular weight is 250 g/mol. The summed E-state index contributed by atoms with van der Waals surface area (Å²) in [6.45, 7) is 0. The van der Waals surface area contributed by atoms with Crippen LogP contribution in [0.3, 0.4) is 0 Å². The van der Waals surface area contributed by atoms with Crippen LogP contribution in [0.15, 0.2) is 16.6 Å². The monoisotopic (exact) mass is 249 g/mol. The van der Waals surface area contributed by atoms with Crippen LogP contribution in [0.25, 0.3) is 0 Å². The molecule has 0 aliphatic rings. The Labute approximate surface area is 82.3 Å². The smallest absolute Gasteiger partial charge is 0.337 e. The van der Waals surface area contributed by atoms with Crippen molar-refractivity contribution < 1.29 is 9.90 Å². The highest BCUT2D eigenvalue weighted by Crippen LogP contribution is 2.30. The van der Waals surface area contributed by atoms with E-state index in [1.54, 1.807) is 6.07 Å². The number of nitrogen functional groups attached to an aromatic ring is 1. The minimum atomic E-state index is -1.08. The van der Waals surface area contributed by atoms with Gasteiger partial charge in [0.05, 0.1) is 16.3 Å². The second kappa shape index (κ2) is 3.33. The molecule has 0 fully saturated rings. The van der Waals surface area contributed by atoms with Crippen LogP contribution in [-0.2, 0) is 0 Å². The van der Waals surface area contributed by atoms with Gasteiger partial charge in [0.15, 0.2) is 0 Å². The minimum Gasteiger partial charge on any atom is -0.478 e. The molecule has 0 amide bonds. The van der Waals surface area contributed by atoms with Gasteiger partial charge < -0.3 is 10.8 Å². The van der Waals surface area contributed by atoms with E-state index in [0.29, 0.717) is 4.47 Å². The maximum Gasteiger partial charge on any atom is 0.337 e. The molecule has 1 aromatic rings. The quantitative estimate of drug-likeness (QED) is 0.752. The van der Waals surface area contributed by atoms with Gasteiger partial charge in [0.2, 0.25) is 0 Å². The molecule has 0 aliphatic heterocycles. The Morgan fingerprint density at radius 1 is 1.58 bits per heavy atom. The molecule has 64 valence electrons. The van der Waals surface area contributed by atoms with Crippen molar-refractivity contribution >= 4 is 39.2 Å². The lowest BCUT2D eigenvalue weighted by Gasteiger charge is -2.03. The number of rotatable bonds is 1. The molecule has 1 rings (SSSR count). The van der Waals surface area contributed by atoms with Gasteiger partial charge in [-0.15, -0.1) is 0 Å². The number of carboxylic acids is 1. The van der Waals surface area contributed by atoms with E-state index in [0.717, 1.165) is 0 Å². The highest BCUT2D eigenvalue weighted by Gasteiger charge is 2.12. The minimum absolute atomic E-state index is 0.0169. The van der Waals surface area contributed by atoms with E-state index in [1.807, 2.05) is 0 Å². The molecule has 3 nitrogen and oxygen atoms in total. The molecule has 0 aliphatic carbocycles. The second-order valence-corrected chi connectivity index (χ2v) is 3.36. The summed E-state index contributed by atoms with van der Waals surface area (Å²) in [4.78, 5) is 10.5. The Morgan fingerprint density at radius 3 is 2.67 bits per heavy atom. The van der Waals surface area contributed by atoms with Crippen LogP contribution < -0.4 is 5.73 Å². The molecule has 0 bridgehead atoms. The third-order valence-electron chi connectivity index (χ3n) is 1.36. The Balaban J connectivity index is 3.36. The number of anilines is 1. The lowest BCUT2D eigenvalue weighted by atomic mass is 10.2. The van der Waals surface area contributed by atoms with Gasteiger partial charge in [0, 0.05) is 4.47 Å². The molecule has 0 atom stereocenters. The summed E-state index contributed by atoms with van der Waals surface area (Å²) in [7, 11) is 0. The molecule has 0 saturated carbocycles. The Morgan fingerprint density at radius 2 is 2.17 bits per heavy atom. The van der Waals surface area contributed by atoms with Gasteiger partial charge in [-0.3, -0.25) is 0 Å². The fourth-order valence-corrected chi connectivity index (χ4v) is 1.26. The lowest BCUT2D eigenvalue weighted by molar-refractivity contribution is 0.0698. The third kappa shape index (κ3) is 1.54. The fraction of sp³-hybridized carbons (Fsp3) is 0. The van der Waals surface area contributed by atoms with Crippen molar-refractivity contribution in [3.8, 4) is 0 Å². The van der Waals surface area contributed by atoms with Gasteiger partial charge in [-0.2, -0.15) is 0 Å². The molecule has 1 aromatic carbocycles. The molecule has 3 N–H and O–H groups in total. The molecular weight excluding hydrogens is 245 g/mol. The van der Waals surface area contributed by atoms with Crippen molar-refractivity contribution in [2.24, 2.45) is 0 Å². The molecule has 0 heterocycles. The standard InChI is InChI=1S/C7H5BrClNO2/c8-4-2-1-3(7(11)12)6(10)5(4)9/h1-2H,10H2,(H,11,12). The van der Waals surface area contributed by atoms with Gasteiger partial charge in [-0.05, 0) is 28.1 Å². The molecule has 5 heteroatoms. The summed E-state index contributed by atoms with van der Waals surface area (Å²) in [6, 6.07) is 2.94. The topological polar surface area (TPSA) is 63.3 Å². The van der Waals surface area contributed by atoms with E-state index >= 15 is 0 Å². The van der Waals surface area contributed by atoms with Crippen LogP contribution in [0.5, 0.6) is 0 Å². The molecule has 0 spiro atoms. The van der Waals surface area contributed by atoms with Gasteiger partial charge in [-0.1, -0.05) is 11.6 Å². The maximum atomic E-state index is 10.5. The normalized spacial score (nSPS) is 9.83. The largest absolute Gasteiger partial charge is 0.478 e. The van der Waals surface area contributed by atoms with Gasteiger partial charge in [0.1, 0.15) is 0 Å². The average Bonchev–Trinajstić information content (AvgIpc) is 2.00. The summed E-state index contributed by atoms with van der Waals surface area (Å²) in [6.07, 6.45) is 0. The number of hydrogen-bond donors (Lipinski definition) is 2. The van der Waals surface area contributed by atoms with E-state index in [1.165, 1.54) is 6.07 Å². The van der Waals surface area contributed by atoms with Crippen LogP contribution in [-0.4, -0.2) is 11.1 Å². The first kappa shape index (κ1) is 9.35. The number of nitrogens with two attached hydrogens (primary N) is 1. The zero-order valence-electron chi connectivity index (χ0n) is 5.84. The van der Waals surface area contributed by atoms with Gasteiger partial charge >= 0.3 is 5.97 Å². The molecule has 0 aromatic heterocycles. The van der Waals surface area contributed by atoms with Crippen molar-refractivity contribution in [1.29, 1.82) is 0 Å². The molecule has 12 heavy (non-hydrogen) atoms. The maximum absolute atomic E-state index is 10.5. The van der Waals surface area contributed by atoms with Crippen LogP contribution in [0.2, 0.25) is 5.02 Å². The number of carboxylic acid groups (broad SMARTS) is 1.